The molecule has 0 saturated heterocycles. The van der Waals surface area contributed by atoms with Gasteiger partial charge in [0.1, 0.15) is 0 Å². The molecule has 1 aromatic rings. The van der Waals surface area contributed by atoms with Crippen LogP contribution < -0.4 is 4.72 Å². The molecule has 0 spiro atoms. The van der Waals surface area contributed by atoms with Crippen LogP contribution >= 0.6 is 0 Å². The highest BCUT2D eigenvalue weighted by molar-refractivity contribution is 7.88. The first-order valence-electron chi connectivity index (χ1n) is 6.37. The Morgan fingerprint density at radius 3 is 2.32 bits per heavy atom. The van der Waals surface area contributed by atoms with Crippen molar-refractivity contribution in [1.29, 1.82) is 5.26 Å². The molecule has 0 bridgehead atoms. The van der Waals surface area contributed by atoms with E-state index < -0.39 is 10.0 Å². The van der Waals surface area contributed by atoms with E-state index in [-0.39, 0.29) is 11.8 Å². The van der Waals surface area contributed by atoms with Crippen LogP contribution in [0.2, 0.25) is 0 Å². The van der Waals surface area contributed by atoms with E-state index in [2.05, 4.69) is 4.72 Å². The van der Waals surface area contributed by atoms with E-state index >= 15 is 0 Å². The van der Waals surface area contributed by atoms with Gasteiger partial charge in [-0.3, -0.25) is 0 Å². The Morgan fingerprint density at radius 2 is 1.84 bits per heavy atom. The second-order valence-corrected chi connectivity index (χ2v) is 6.61. The smallest absolute Gasteiger partial charge is 0.212 e. The fraction of sp³-hybridized carbons (Fsp3) is 0.500. The quantitative estimate of drug-likeness (QED) is 0.870. The molecule has 19 heavy (non-hydrogen) atoms. The van der Waals surface area contributed by atoms with Crippen LogP contribution in [0, 0.1) is 17.2 Å². The molecule has 0 radical (unpaired) electrons. The van der Waals surface area contributed by atoms with Crippen molar-refractivity contribution in [3.8, 4) is 6.07 Å². The number of hydrogen-bond acceptors (Lipinski definition) is 3. The Bertz CT molecular complexity index is 544. The number of benzene rings is 1. The zero-order valence-corrected chi connectivity index (χ0v) is 12.4. The Labute approximate surface area is 115 Å². The number of rotatable bonds is 6. The summed E-state index contributed by atoms with van der Waals surface area (Å²) in [6, 6.07) is 8.53. The molecule has 0 amide bonds. The van der Waals surface area contributed by atoms with Crippen molar-refractivity contribution >= 4 is 10.0 Å². The molecule has 1 N–H and O–H groups in total. The van der Waals surface area contributed by atoms with Gasteiger partial charge in [-0.15, -0.1) is 0 Å². The first kappa shape index (κ1) is 15.7. The number of hydrogen-bond donors (Lipinski definition) is 1. The van der Waals surface area contributed by atoms with Crippen LogP contribution in [0.1, 0.15) is 38.3 Å². The summed E-state index contributed by atoms with van der Waals surface area (Å²) in [7, 11) is -3.34. The lowest BCUT2D eigenvalue weighted by Gasteiger charge is -2.19. The summed E-state index contributed by atoms with van der Waals surface area (Å²) in [4.78, 5) is 0. The Morgan fingerprint density at radius 1 is 1.26 bits per heavy atom. The van der Waals surface area contributed by atoms with Crippen molar-refractivity contribution in [3.05, 3.63) is 35.4 Å². The topological polar surface area (TPSA) is 70.0 Å². The molecule has 0 heterocycles. The molecule has 1 aromatic carbocycles. The summed E-state index contributed by atoms with van der Waals surface area (Å²) in [6.45, 7) is 5.94. The zero-order chi connectivity index (χ0) is 14.5. The second kappa shape index (κ2) is 6.69. The highest BCUT2D eigenvalue weighted by atomic mass is 32.2. The maximum atomic E-state index is 12.0. The van der Waals surface area contributed by atoms with Crippen LogP contribution in [0.4, 0.5) is 0 Å². The maximum absolute atomic E-state index is 12.0. The lowest BCUT2D eigenvalue weighted by atomic mass is 10.0. The molecule has 4 nitrogen and oxygen atoms in total. The zero-order valence-electron chi connectivity index (χ0n) is 11.6. The van der Waals surface area contributed by atoms with Crippen molar-refractivity contribution in [2.45, 2.75) is 39.0 Å². The Kier molecular flexibility index (Phi) is 5.52. The average Bonchev–Trinajstić information content (AvgIpc) is 2.37. The van der Waals surface area contributed by atoms with Crippen molar-refractivity contribution in [1.82, 2.24) is 4.72 Å². The minimum absolute atomic E-state index is 0.0561. The third-order valence-electron chi connectivity index (χ3n) is 3.30. The van der Waals surface area contributed by atoms with Gasteiger partial charge in [-0.1, -0.05) is 32.4 Å². The number of nitrogens with zero attached hydrogens (tertiary/aromatic N) is 1. The van der Waals surface area contributed by atoms with Crippen LogP contribution in [0.15, 0.2) is 24.3 Å². The summed E-state index contributed by atoms with van der Waals surface area (Å²) in [5.74, 6) is 0.246. The summed E-state index contributed by atoms with van der Waals surface area (Å²) < 4.78 is 26.7. The van der Waals surface area contributed by atoms with Crippen molar-refractivity contribution < 1.29 is 8.42 Å². The molecule has 0 aliphatic heterocycles. The lowest BCUT2D eigenvalue weighted by Crippen LogP contribution is -2.37. The van der Waals surface area contributed by atoms with Crippen LogP contribution in [0.3, 0.4) is 0 Å². The standard InChI is InChI=1S/C14H20N2O2S/c1-4-11(2)12(3)16-19(17,18)10-14-7-5-13(9-15)6-8-14/h5-8,11-12,16H,4,10H2,1-3H3. The van der Waals surface area contributed by atoms with E-state index in [0.717, 1.165) is 6.42 Å². The van der Waals surface area contributed by atoms with Gasteiger partial charge in [-0.05, 0) is 30.5 Å². The largest absolute Gasteiger partial charge is 0.216 e. The predicted octanol–water partition coefficient (Wildman–Crippen LogP) is 2.41. The molecule has 0 aliphatic carbocycles. The van der Waals surface area contributed by atoms with Crippen molar-refractivity contribution in [3.63, 3.8) is 0 Å². The number of sulfonamides is 1. The van der Waals surface area contributed by atoms with Crippen LogP contribution in [0.25, 0.3) is 0 Å². The van der Waals surface area contributed by atoms with Gasteiger partial charge in [-0.25, -0.2) is 13.1 Å². The van der Waals surface area contributed by atoms with Crippen LogP contribution in [-0.2, 0) is 15.8 Å². The Balaban J connectivity index is 2.71. The molecule has 2 atom stereocenters. The first-order valence-corrected chi connectivity index (χ1v) is 8.02. The van der Waals surface area contributed by atoms with Crippen LogP contribution in [-0.4, -0.2) is 14.5 Å². The van der Waals surface area contributed by atoms with Gasteiger partial charge in [-0.2, -0.15) is 5.26 Å². The maximum Gasteiger partial charge on any atom is 0.216 e. The summed E-state index contributed by atoms with van der Waals surface area (Å²) in [6.07, 6.45) is 0.931. The van der Waals surface area contributed by atoms with Crippen LogP contribution in [0.5, 0.6) is 0 Å². The third kappa shape index (κ3) is 5.01. The minimum atomic E-state index is -3.34. The van der Waals surface area contributed by atoms with Gasteiger partial charge in [0.05, 0.1) is 17.4 Å². The molecule has 0 aromatic heterocycles. The summed E-state index contributed by atoms with van der Waals surface area (Å²) in [5, 5.41) is 8.69. The molecule has 0 saturated carbocycles. The van der Waals surface area contributed by atoms with E-state index in [1.54, 1.807) is 24.3 Å². The van der Waals surface area contributed by atoms with E-state index in [9.17, 15) is 8.42 Å². The van der Waals surface area contributed by atoms with Gasteiger partial charge in [0.25, 0.3) is 0 Å². The predicted molar refractivity (Wildman–Crippen MR) is 75.8 cm³/mol. The Hall–Kier alpha value is -1.38. The molecule has 0 fully saturated rings. The van der Waals surface area contributed by atoms with E-state index in [1.165, 1.54) is 0 Å². The molecule has 104 valence electrons. The van der Waals surface area contributed by atoms with Gasteiger partial charge < -0.3 is 0 Å². The van der Waals surface area contributed by atoms with E-state index in [0.29, 0.717) is 17.0 Å². The van der Waals surface area contributed by atoms with Crippen molar-refractivity contribution in [2.24, 2.45) is 5.92 Å². The molecular weight excluding hydrogens is 260 g/mol. The molecule has 2 unspecified atom stereocenters. The highest BCUT2D eigenvalue weighted by Crippen LogP contribution is 2.11. The third-order valence-corrected chi connectivity index (χ3v) is 4.75. The SMILES string of the molecule is CCC(C)C(C)NS(=O)(=O)Cc1ccc(C#N)cc1. The van der Waals surface area contributed by atoms with E-state index in [1.807, 2.05) is 26.8 Å². The van der Waals surface area contributed by atoms with E-state index in [4.69, 9.17) is 5.26 Å². The van der Waals surface area contributed by atoms with Crippen molar-refractivity contribution in [2.75, 3.05) is 0 Å². The molecule has 0 aliphatic rings. The monoisotopic (exact) mass is 280 g/mol. The van der Waals surface area contributed by atoms with Gasteiger partial charge >= 0.3 is 0 Å². The molecular formula is C14H20N2O2S. The first-order chi connectivity index (χ1) is 8.88. The lowest BCUT2D eigenvalue weighted by molar-refractivity contribution is 0.434. The average molecular weight is 280 g/mol. The normalized spacial score (nSPS) is 14.6. The summed E-state index contributed by atoms with van der Waals surface area (Å²) in [5.41, 5.74) is 1.21. The van der Waals surface area contributed by atoms with Gasteiger partial charge in [0, 0.05) is 6.04 Å². The second-order valence-electron chi connectivity index (χ2n) is 4.86. The van der Waals surface area contributed by atoms with Gasteiger partial charge in [0.15, 0.2) is 0 Å². The molecule has 5 heteroatoms. The fourth-order valence-electron chi connectivity index (χ4n) is 1.69. The molecule has 1 rings (SSSR count). The van der Waals surface area contributed by atoms with Gasteiger partial charge in [0.2, 0.25) is 10.0 Å². The fourth-order valence-corrected chi connectivity index (χ4v) is 3.20. The number of nitriles is 1. The highest BCUT2D eigenvalue weighted by Gasteiger charge is 2.18. The summed E-state index contributed by atoms with van der Waals surface area (Å²) >= 11 is 0. The minimum Gasteiger partial charge on any atom is -0.212 e. The number of nitrogens with one attached hydrogen (secondary N) is 1.